The van der Waals surface area contributed by atoms with Crippen LogP contribution in [-0.2, 0) is 9.53 Å². The molecule has 1 fully saturated rings. The average molecular weight is 380 g/mol. The predicted octanol–water partition coefficient (Wildman–Crippen LogP) is 2.59. The van der Waals surface area contributed by atoms with Crippen molar-refractivity contribution in [1.29, 1.82) is 5.26 Å². The number of hydrogen-bond donors (Lipinski definition) is 1. The number of amidine groups is 1. The summed E-state index contributed by atoms with van der Waals surface area (Å²) in [6.45, 7) is 1.29. The van der Waals surface area contributed by atoms with E-state index in [0.29, 0.717) is 29.4 Å². The first-order valence-electron chi connectivity index (χ1n) is 8.49. The van der Waals surface area contributed by atoms with Crippen LogP contribution >= 0.6 is 11.8 Å². The van der Waals surface area contributed by atoms with Crippen LogP contribution in [0, 0.1) is 11.3 Å². The number of carbonyl (C=O) groups excluding carboxylic acids is 1. The van der Waals surface area contributed by atoms with Gasteiger partial charge in [-0.05, 0) is 35.5 Å². The van der Waals surface area contributed by atoms with E-state index in [4.69, 9.17) is 15.2 Å². The van der Waals surface area contributed by atoms with Crippen molar-refractivity contribution < 1.29 is 14.3 Å². The van der Waals surface area contributed by atoms with Crippen LogP contribution in [0.25, 0.3) is 17.0 Å². The number of amides is 1. The molecule has 1 aromatic heterocycles. The number of aliphatic imine (C=N–C) groups is 1. The van der Waals surface area contributed by atoms with Gasteiger partial charge in [0.25, 0.3) is 5.91 Å². The van der Waals surface area contributed by atoms with Gasteiger partial charge < -0.3 is 15.2 Å². The van der Waals surface area contributed by atoms with E-state index in [1.54, 1.807) is 6.08 Å². The quantitative estimate of drug-likeness (QED) is 0.815. The van der Waals surface area contributed by atoms with E-state index in [-0.39, 0.29) is 17.2 Å². The van der Waals surface area contributed by atoms with Crippen LogP contribution in [0.5, 0.6) is 5.75 Å². The largest absolute Gasteiger partial charge is 0.488 e. The zero-order valence-corrected chi connectivity index (χ0v) is 15.2. The summed E-state index contributed by atoms with van der Waals surface area (Å²) in [6.07, 6.45) is 4.81. The molecule has 3 heterocycles. The lowest BCUT2D eigenvalue weighted by molar-refractivity contribution is -0.113. The van der Waals surface area contributed by atoms with Gasteiger partial charge in [0, 0.05) is 24.4 Å². The molecule has 8 heteroatoms. The van der Waals surface area contributed by atoms with Crippen molar-refractivity contribution in [3.05, 3.63) is 40.4 Å². The SMILES string of the molecule is N#Cc1cnc2ccc(C=C3SC(N)=NC3=O)cc2c1OC1CCOCC1. The molecule has 2 N–H and O–H groups in total. The fourth-order valence-corrected chi connectivity index (χ4v) is 3.70. The number of nitrogens with two attached hydrogens (primary N) is 1. The van der Waals surface area contributed by atoms with Crippen LogP contribution in [0.2, 0.25) is 0 Å². The summed E-state index contributed by atoms with van der Waals surface area (Å²) in [5.41, 5.74) is 7.50. The van der Waals surface area contributed by atoms with Gasteiger partial charge in [-0.2, -0.15) is 10.3 Å². The first-order chi connectivity index (χ1) is 13.1. The van der Waals surface area contributed by atoms with Gasteiger partial charge in [0.2, 0.25) is 0 Å². The summed E-state index contributed by atoms with van der Waals surface area (Å²) < 4.78 is 11.5. The van der Waals surface area contributed by atoms with Crippen LogP contribution in [0.3, 0.4) is 0 Å². The van der Waals surface area contributed by atoms with Crippen LogP contribution in [-0.4, -0.2) is 35.4 Å². The molecule has 0 radical (unpaired) electrons. The first-order valence-corrected chi connectivity index (χ1v) is 9.31. The molecule has 1 amide bonds. The Morgan fingerprint density at radius 1 is 1.37 bits per heavy atom. The minimum absolute atomic E-state index is 0.00127. The molecule has 1 saturated heterocycles. The molecule has 7 nitrogen and oxygen atoms in total. The Morgan fingerprint density at radius 3 is 2.89 bits per heavy atom. The fraction of sp³-hybridized carbons (Fsp3) is 0.263. The van der Waals surface area contributed by atoms with Crippen LogP contribution in [0.4, 0.5) is 0 Å². The Labute approximate surface area is 159 Å². The maximum Gasteiger partial charge on any atom is 0.286 e. The normalized spacial score (nSPS) is 19.3. The molecule has 0 aliphatic carbocycles. The number of hydrogen-bond acceptors (Lipinski definition) is 7. The lowest BCUT2D eigenvalue weighted by Gasteiger charge is -2.24. The summed E-state index contributed by atoms with van der Waals surface area (Å²) in [5, 5.41) is 10.5. The van der Waals surface area contributed by atoms with E-state index < -0.39 is 0 Å². The smallest absolute Gasteiger partial charge is 0.286 e. The third-order valence-electron chi connectivity index (χ3n) is 4.35. The van der Waals surface area contributed by atoms with Gasteiger partial charge in [-0.25, -0.2) is 0 Å². The topological polar surface area (TPSA) is 111 Å². The lowest BCUT2D eigenvalue weighted by atomic mass is 10.1. The Hall–Kier alpha value is -2.89. The molecular weight excluding hydrogens is 364 g/mol. The zero-order valence-electron chi connectivity index (χ0n) is 14.3. The second-order valence-electron chi connectivity index (χ2n) is 6.18. The monoisotopic (exact) mass is 380 g/mol. The van der Waals surface area contributed by atoms with E-state index in [9.17, 15) is 10.1 Å². The number of carbonyl (C=O) groups is 1. The number of ether oxygens (including phenoxy) is 2. The maximum atomic E-state index is 11.8. The number of benzene rings is 1. The standard InChI is InChI=1S/C19H16N4O3S/c20-9-12-10-22-15-2-1-11(8-16-18(24)23-19(21)27-16)7-14(15)17(12)26-13-3-5-25-6-4-13/h1-2,7-8,10,13H,3-6H2,(H2,21,23,24). The highest BCUT2D eigenvalue weighted by molar-refractivity contribution is 8.18. The predicted molar refractivity (Wildman–Crippen MR) is 103 cm³/mol. The van der Waals surface area contributed by atoms with Crippen molar-refractivity contribution >= 4 is 39.8 Å². The van der Waals surface area contributed by atoms with Crippen LogP contribution in [0.1, 0.15) is 24.0 Å². The number of fused-ring (bicyclic) bond motifs is 1. The van der Waals surface area contributed by atoms with E-state index in [2.05, 4.69) is 16.0 Å². The van der Waals surface area contributed by atoms with Crippen molar-refractivity contribution in [2.24, 2.45) is 10.7 Å². The highest BCUT2D eigenvalue weighted by atomic mass is 32.2. The molecule has 0 bridgehead atoms. The van der Waals surface area contributed by atoms with E-state index in [1.165, 1.54) is 6.20 Å². The third kappa shape index (κ3) is 3.65. The van der Waals surface area contributed by atoms with Crippen molar-refractivity contribution in [2.45, 2.75) is 18.9 Å². The fourth-order valence-electron chi connectivity index (χ4n) is 3.02. The number of nitriles is 1. The van der Waals surface area contributed by atoms with Gasteiger partial charge >= 0.3 is 0 Å². The van der Waals surface area contributed by atoms with Gasteiger partial charge in [0.1, 0.15) is 23.5 Å². The third-order valence-corrected chi connectivity index (χ3v) is 5.16. The maximum absolute atomic E-state index is 11.8. The van der Waals surface area contributed by atoms with Gasteiger partial charge in [0.15, 0.2) is 5.17 Å². The van der Waals surface area contributed by atoms with Gasteiger partial charge in [0.05, 0.1) is 23.6 Å². The van der Waals surface area contributed by atoms with Crippen molar-refractivity contribution in [3.63, 3.8) is 0 Å². The molecule has 4 rings (SSSR count). The number of rotatable bonds is 3. The number of thioether (sulfide) groups is 1. The zero-order chi connectivity index (χ0) is 18.8. The lowest BCUT2D eigenvalue weighted by Crippen LogP contribution is -2.26. The first kappa shape index (κ1) is 17.5. The van der Waals surface area contributed by atoms with E-state index >= 15 is 0 Å². The number of pyridine rings is 1. The van der Waals surface area contributed by atoms with Crippen molar-refractivity contribution in [3.8, 4) is 11.8 Å². The van der Waals surface area contributed by atoms with Gasteiger partial charge in [-0.1, -0.05) is 6.07 Å². The summed E-state index contributed by atoms with van der Waals surface area (Å²) in [6, 6.07) is 7.72. The second-order valence-corrected chi connectivity index (χ2v) is 7.25. The minimum atomic E-state index is -0.347. The highest BCUT2D eigenvalue weighted by Crippen LogP contribution is 2.33. The average Bonchev–Trinajstić information content (AvgIpc) is 3.00. The summed E-state index contributed by atoms with van der Waals surface area (Å²) in [4.78, 5) is 20.3. The van der Waals surface area contributed by atoms with Gasteiger partial charge in [-0.15, -0.1) is 0 Å². The molecule has 0 unspecified atom stereocenters. The molecule has 2 aliphatic heterocycles. The molecule has 0 spiro atoms. The summed E-state index contributed by atoms with van der Waals surface area (Å²) >= 11 is 1.14. The molecule has 2 aliphatic rings. The number of nitrogens with zero attached hydrogens (tertiary/aromatic N) is 3. The van der Waals surface area contributed by atoms with Crippen molar-refractivity contribution in [1.82, 2.24) is 4.98 Å². The van der Waals surface area contributed by atoms with Crippen molar-refractivity contribution in [2.75, 3.05) is 13.2 Å². The molecule has 136 valence electrons. The van der Waals surface area contributed by atoms with E-state index in [1.807, 2.05) is 18.2 Å². The minimum Gasteiger partial charge on any atom is -0.488 e. The number of aromatic nitrogens is 1. The molecule has 27 heavy (non-hydrogen) atoms. The Balaban J connectivity index is 1.75. The summed E-state index contributed by atoms with van der Waals surface area (Å²) in [5.74, 6) is 0.177. The molecule has 0 atom stereocenters. The van der Waals surface area contributed by atoms with Gasteiger partial charge in [-0.3, -0.25) is 9.78 Å². The van der Waals surface area contributed by atoms with Crippen LogP contribution < -0.4 is 10.5 Å². The van der Waals surface area contributed by atoms with Crippen LogP contribution in [0.15, 0.2) is 34.3 Å². The molecule has 0 saturated carbocycles. The summed E-state index contributed by atoms with van der Waals surface area (Å²) in [7, 11) is 0. The Kier molecular flexibility index (Phi) is 4.79. The molecule has 1 aromatic carbocycles. The van der Waals surface area contributed by atoms with E-state index in [0.717, 1.165) is 41.1 Å². The molecular formula is C19H16N4O3S. The Morgan fingerprint density at radius 2 is 2.19 bits per heavy atom. The molecule has 2 aromatic rings. The second kappa shape index (κ2) is 7.39. The highest BCUT2D eigenvalue weighted by Gasteiger charge is 2.21. The Bertz CT molecular complexity index is 1020.